The average Bonchev–Trinajstić information content (AvgIpc) is 0.853. The summed E-state index contributed by atoms with van der Waals surface area (Å²) in [5.74, 6) is -5.50. The predicted molar refractivity (Wildman–Crippen MR) is 377 cm³/mol. The van der Waals surface area contributed by atoms with E-state index >= 15 is 0 Å². The van der Waals surface area contributed by atoms with Crippen LogP contribution in [0.5, 0.6) is 0 Å². The highest BCUT2D eigenvalue weighted by Gasteiger charge is 2.42. The number of ether oxygens (including phenoxy) is 10. The Morgan fingerprint density at radius 1 is 0.449 bits per heavy atom. The number of hydrogen-bond donors (Lipinski definition) is 8. The van der Waals surface area contributed by atoms with Crippen molar-refractivity contribution in [1.82, 2.24) is 0 Å². The fourth-order valence-electron chi connectivity index (χ4n) is 15.3. The number of carbonyl (C=O) groups excluding carboxylic acids is 2. The molecule has 5 rings (SSSR count). The molecule has 4 bridgehead atoms. The van der Waals surface area contributed by atoms with Crippen LogP contribution in [0.2, 0.25) is 0 Å². The molecule has 0 aromatic carbocycles. The molecule has 0 aliphatic carbocycles. The summed E-state index contributed by atoms with van der Waals surface area (Å²) in [6.45, 7) is 22.5. The Hall–Kier alpha value is -3.26. The molecular formula is C78H132O20. The quantitative estimate of drug-likeness (QED) is 0.0527. The second kappa shape index (κ2) is 43.1. The summed E-state index contributed by atoms with van der Waals surface area (Å²) in [7, 11) is 6.58. The largest absolute Gasteiger partial charge is 0.458 e. The third kappa shape index (κ3) is 28.1. The van der Waals surface area contributed by atoms with E-state index in [4.69, 9.17) is 47.4 Å². The number of rotatable bonds is 16. The first-order valence-corrected chi connectivity index (χ1v) is 37.1. The molecule has 30 atom stereocenters. The van der Waals surface area contributed by atoms with E-state index in [2.05, 4.69) is 0 Å². The lowest BCUT2D eigenvalue weighted by molar-refractivity contribution is -0.158. The van der Waals surface area contributed by atoms with Crippen LogP contribution in [0.4, 0.5) is 0 Å². The van der Waals surface area contributed by atoms with Crippen molar-refractivity contribution >= 4 is 11.9 Å². The number of fused-ring (bicyclic) bond motifs is 4. The van der Waals surface area contributed by atoms with Crippen LogP contribution in [0.1, 0.15) is 199 Å². The van der Waals surface area contributed by atoms with Crippen LogP contribution in [0.15, 0.2) is 71.9 Å². The van der Waals surface area contributed by atoms with Crippen LogP contribution in [-0.2, 0) is 57.0 Å². The molecule has 0 unspecified atom stereocenters. The van der Waals surface area contributed by atoms with E-state index in [9.17, 15) is 50.4 Å². The Morgan fingerprint density at radius 2 is 0.806 bits per heavy atom. The molecular weight excluding hydrogens is 1260 g/mol. The standard InChI is InChI=1S/C78H132O20/c1-45-23-29-57(79)37-59-19-17-21-61(95-59)41-71(91-15)52(8)68(82)44-70(84)54(10)78(56(12)76(88)48(4)28-32-64-40-66(90-14)36-50(6)94-64)98-74(86)34-26-46(2)24-30-58(80)38-60-20-18-22-62(96-60)42-72(92-16)51(7)67(81)43-69(83)53(9)77(97-73(85)33-25-45)55(11)75(87)47(3)27-31-63-39-65(89-13)35-49(5)93-63/h17-20,23-26,33-34,47-72,75-84,87-88H,21-22,27-32,35-44H2,1-16H3/b33-25-,34-26+,45-23+,46-24+/t47-,48-,49-,50-,51+,52+,53-,54-,55-,56-,57-,58-,59-,60-,61-,62-,63-,64-,65+,66+,67-,68-,69+,70+,71+,72+,75-,76-,77-,78-/m0/s1. The van der Waals surface area contributed by atoms with E-state index in [0.717, 1.165) is 25.7 Å². The smallest absolute Gasteiger partial charge is 0.331 e. The molecule has 2 saturated heterocycles. The Labute approximate surface area is 587 Å². The second-order valence-electron chi connectivity index (χ2n) is 30.3. The monoisotopic (exact) mass is 1390 g/mol. The highest BCUT2D eigenvalue weighted by molar-refractivity contribution is 5.83. The molecule has 0 saturated carbocycles. The third-order valence-corrected chi connectivity index (χ3v) is 22.3. The Bertz CT molecular complexity index is 2320. The van der Waals surface area contributed by atoms with Gasteiger partial charge in [0, 0.05) is 102 Å². The first-order chi connectivity index (χ1) is 46.4. The van der Waals surface area contributed by atoms with Crippen molar-refractivity contribution in [1.29, 1.82) is 0 Å². The molecule has 0 aromatic heterocycles. The average molecular weight is 1390 g/mol. The molecule has 2 fully saturated rings. The fraction of sp³-hybridized carbons (Fsp3) is 0.821. The van der Waals surface area contributed by atoms with Gasteiger partial charge < -0.3 is 88.2 Å². The van der Waals surface area contributed by atoms with Gasteiger partial charge in [-0.3, -0.25) is 0 Å². The minimum Gasteiger partial charge on any atom is -0.458 e. The van der Waals surface area contributed by atoms with Gasteiger partial charge in [-0.2, -0.15) is 0 Å². The molecule has 20 heteroatoms. The number of methoxy groups -OCH3 is 4. The van der Waals surface area contributed by atoms with Crippen molar-refractivity contribution in [3.05, 3.63) is 71.9 Å². The van der Waals surface area contributed by atoms with Gasteiger partial charge in [-0.1, -0.05) is 115 Å². The zero-order chi connectivity index (χ0) is 72.5. The van der Waals surface area contributed by atoms with Crippen molar-refractivity contribution in [2.45, 2.75) is 333 Å². The maximum absolute atomic E-state index is 13.9. The number of allylic oxidation sites excluding steroid dienone is 4. The lowest BCUT2D eigenvalue weighted by Gasteiger charge is -2.38. The molecule has 20 nitrogen and oxygen atoms in total. The summed E-state index contributed by atoms with van der Waals surface area (Å²) in [5, 5.41) is 94.4. The number of carbonyl (C=O) groups is 2. The topological polar surface area (TPSA) is 288 Å². The molecule has 0 aromatic rings. The van der Waals surface area contributed by atoms with Crippen molar-refractivity contribution in [2.75, 3.05) is 28.4 Å². The Kier molecular flexibility index (Phi) is 37.6. The van der Waals surface area contributed by atoms with Gasteiger partial charge in [0.1, 0.15) is 12.2 Å². The van der Waals surface area contributed by atoms with Gasteiger partial charge in [0.2, 0.25) is 0 Å². The zero-order valence-corrected chi connectivity index (χ0v) is 62.3. The van der Waals surface area contributed by atoms with Gasteiger partial charge in [-0.25, -0.2) is 9.59 Å². The Morgan fingerprint density at radius 3 is 1.15 bits per heavy atom. The minimum atomic E-state index is -1.16. The van der Waals surface area contributed by atoms with Crippen LogP contribution in [0, 0.1) is 47.3 Å². The highest BCUT2D eigenvalue weighted by atomic mass is 16.6. The maximum Gasteiger partial charge on any atom is 0.331 e. The number of cyclic esters (lactones) is 2. The van der Waals surface area contributed by atoms with Gasteiger partial charge in [0.15, 0.2) is 0 Å². The number of hydrogen-bond acceptors (Lipinski definition) is 20. The first kappa shape index (κ1) is 85.4. The fourth-order valence-corrected chi connectivity index (χ4v) is 15.3. The lowest BCUT2D eigenvalue weighted by atomic mass is 9.78. The maximum atomic E-state index is 13.9. The molecule has 0 amide bonds. The highest BCUT2D eigenvalue weighted by Crippen LogP contribution is 2.37. The van der Waals surface area contributed by atoms with Crippen molar-refractivity contribution in [2.24, 2.45) is 47.3 Å². The third-order valence-electron chi connectivity index (χ3n) is 22.3. The Balaban J connectivity index is 1.36. The van der Waals surface area contributed by atoms with Gasteiger partial charge in [0.05, 0.1) is 122 Å². The van der Waals surface area contributed by atoms with E-state index in [0.29, 0.717) is 62.5 Å². The molecule has 5 aliphatic heterocycles. The predicted octanol–water partition coefficient (Wildman–Crippen LogP) is 10.1. The molecule has 98 heavy (non-hydrogen) atoms. The van der Waals surface area contributed by atoms with Crippen molar-refractivity contribution in [3.8, 4) is 0 Å². The molecule has 0 spiro atoms. The summed E-state index contributed by atoms with van der Waals surface area (Å²) in [4.78, 5) is 27.8. The van der Waals surface area contributed by atoms with Gasteiger partial charge in [-0.15, -0.1) is 0 Å². The molecule has 8 N–H and O–H groups in total. The summed E-state index contributed by atoms with van der Waals surface area (Å²) >= 11 is 0. The van der Waals surface area contributed by atoms with E-state index in [1.807, 2.05) is 106 Å². The molecule has 0 radical (unpaired) electrons. The van der Waals surface area contributed by atoms with Gasteiger partial charge >= 0.3 is 11.9 Å². The van der Waals surface area contributed by atoms with Crippen LogP contribution in [-0.4, -0.2) is 216 Å². The summed E-state index contributed by atoms with van der Waals surface area (Å²) < 4.78 is 61.3. The summed E-state index contributed by atoms with van der Waals surface area (Å²) in [6.07, 6.45) is 14.1. The number of aliphatic hydroxyl groups is 8. The van der Waals surface area contributed by atoms with Crippen LogP contribution < -0.4 is 0 Å². The SMILES string of the molecule is CO[C@H]1C[C@H](CC[C@H](C)[C@H](O)[C@H](C)[C@H]2OC(=O)/C=C\C(C)=C\C[C@H](O)C[C@@H]3C=CC[C@@H](C[C@@H](OC)[C@H](C)[C@@H](O)C[C@@H](O)[C@H](C)[C@@H]([C@@H](C)[C@@H](O)[C@@H](C)CC[C@H]4C[C@H](OC)C[C@H](C)O4)OC(=O)/C=C/C(C)=C/C[C@H](O)C[C@@H]4C=CC[C@@H](C[C@@H](OC)[C@H](C)[C@@H](O)C[C@@H](O)[C@@H]2C)O4)O3)O[C@@H](C)C1. The normalized spacial score (nSPS) is 41.1. The number of esters is 2. The van der Waals surface area contributed by atoms with E-state index in [1.165, 1.54) is 12.2 Å². The van der Waals surface area contributed by atoms with Gasteiger partial charge in [-0.05, 0) is 129 Å². The number of aliphatic hydroxyl groups excluding tert-OH is 8. The molecule has 564 valence electrons. The summed E-state index contributed by atoms with van der Waals surface area (Å²) in [6, 6.07) is 0. The van der Waals surface area contributed by atoms with Crippen LogP contribution in [0.3, 0.4) is 0 Å². The van der Waals surface area contributed by atoms with Crippen LogP contribution in [0.25, 0.3) is 0 Å². The van der Waals surface area contributed by atoms with E-state index < -0.39 is 133 Å². The second-order valence-corrected chi connectivity index (χ2v) is 30.3. The van der Waals surface area contributed by atoms with E-state index in [-0.39, 0.29) is 99.2 Å². The van der Waals surface area contributed by atoms with Gasteiger partial charge in [0.25, 0.3) is 0 Å². The van der Waals surface area contributed by atoms with Crippen LogP contribution >= 0.6 is 0 Å². The zero-order valence-electron chi connectivity index (χ0n) is 62.3. The lowest BCUT2D eigenvalue weighted by Crippen LogP contribution is -2.45. The first-order valence-electron chi connectivity index (χ1n) is 37.1. The molecule has 5 heterocycles. The summed E-state index contributed by atoms with van der Waals surface area (Å²) in [5.41, 5.74) is 1.39. The van der Waals surface area contributed by atoms with E-state index in [1.54, 1.807) is 54.4 Å². The van der Waals surface area contributed by atoms with Crippen molar-refractivity contribution < 1.29 is 97.8 Å². The minimum absolute atomic E-state index is 0.0293. The molecule has 5 aliphatic rings. The van der Waals surface area contributed by atoms with Crippen molar-refractivity contribution in [3.63, 3.8) is 0 Å².